The Hall–Kier alpha value is -3.15. The van der Waals surface area contributed by atoms with Crippen LogP contribution in [0.2, 0.25) is 0 Å². The van der Waals surface area contributed by atoms with E-state index >= 15 is 0 Å². The number of para-hydroxylation sites is 2. The molecular formula is C20H21N3O3. The fourth-order valence-electron chi connectivity index (χ4n) is 2.67. The zero-order valence-electron chi connectivity index (χ0n) is 14.6. The summed E-state index contributed by atoms with van der Waals surface area (Å²) in [5.41, 5.74) is 2.63. The van der Waals surface area contributed by atoms with Gasteiger partial charge in [-0.05, 0) is 37.6 Å². The summed E-state index contributed by atoms with van der Waals surface area (Å²) in [7, 11) is 0. The van der Waals surface area contributed by atoms with Gasteiger partial charge in [-0.3, -0.25) is 9.59 Å². The Morgan fingerprint density at radius 3 is 2.85 bits per heavy atom. The molecule has 0 saturated heterocycles. The van der Waals surface area contributed by atoms with E-state index in [0.29, 0.717) is 17.9 Å². The van der Waals surface area contributed by atoms with Crippen LogP contribution in [0, 0.1) is 0 Å². The van der Waals surface area contributed by atoms with E-state index in [2.05, 4.69) is 14.9 Å². The van der Waals surface area contributed by atoms with Gasteiger partial charge < -0.3 is 14.6 Å². The van der Waals surface area contributed by atoms with Gasteiger partial charge in [-0.15, -0.1) is 0 Å². The second kappa shape index (κ2) is 8.29. The van der Waals surface area contributed by atoms with Gasteiger partial charge >= 0.3 is 0 Å². The molecule has 3 rings (SSSR count). The van der Waals surface area contributed by atoms with Crippen molar-refractivity contribution < 1.29 is 14.3 Å². The van der Waals surface area contributed by atoms with E-state index in [1.165, 1.54) is 6.92 Å². The number of hydrogen-bond acceptors (Lipinski definition) is 4. The lowest BCUT2D eigenvalue weighted by molar-refractivity contribution is -0.123. The lowest BCUT2D eigenvalue weighted by Gasteiger charge is -2.09. The Morgan fingerprint density at radius 2 is 2.00 bits per heavy atom. The van der Waals surface area contributed by atoms with Crippen LogP contribution >= 0.6 is 0 Å². The standard InChI is InChI=1S/C20H21N3O3/c1-15(24)16-6-4-7-17(12-16)26-13-20(25)21-10-5-11-23-14-22-18-8-2-3-9-19(18)23/h2-4,6-9,12,14H,5,10-11,13H2,1H3,(H,21,25). The molecule has 6 nitrogen and oxygen atoms in total. The number of Topliss-reactive ketones (excluding diaryl/α,β-unsaturated/α-hetero) is 1. The van der Waals surface area contributed by atoms with Crippen LogP contribution in [0.1, 0.15) is 23.7 Å². The van der Waals surface area contributed by atoms with E-state index in [0.717, 1.165) is 24.0 Å². The minimum atomic E-state index is -0.186. The molecule has 0 bridgehead atoms. The number of hydrogen-bond donors (Lipinski definition) is 1. The van der Waals surface area contributed by atoms with E-state index in [1.54, 1.807) is 24.3 Å². The van der Waals surface area contributed by atoms with Crippen molar-refractivity contribution in [2.45, 2.75) is 19.9 Å². The number of aryl methyl sites for hydroxylation is 1. The molecule has 0 aliphatic carbocycles. The Kier molecular flexibility index (Phi) is 5.63. The van der Waals surface area contributed by atoms with Crippen LogP contribution in [0.4, 0.5) is 0 Å². The Bertz CT molecular complexity index is 917. The van der Waals surface area contributed by atoms with Gasteiger partial charge in [0.15, 0.2) is 12.4 Å². The van der Waals surface area contributed by atoms with Crippen LogP contribution in [0.3, 0.4) is 0 Å². The Morgan fingerprint density at radius 1 is 1.15 bits per heavy atom. The van der Waals surface area contributed by atoms with Crippen LogP contribution in [-0.4, -0.2) is 34.4 Å². The maximum absolute atomic E-state index is 11.9. The summed E-state index contributed by atoms with van der Waals surface area (Å²) < 4.78 is 7.51. The molecule has 0 fully saturated rings. The first-order valence-corrected chi connectivity index (χ1v) is 8.54. The third-order valence-corrected chi connectivity index (χ3v) is 4.04. The van der Waals surface area contributed by atoms with Crippen LogP contribution in [-0.2, 0) is 11.3 Å². The Balaban J connectivity index is 1.40. The fourth-order valence-corrected chi connectivity index (χ4v) is 2.67. The molecule has 0 aliphatic rings. The van der Waals surface area contributed by atoms with Gasteiger partial charge in [-0.1, -0.05) is 24.3 Å². The highest BCUT2D eigenvalue weighted by Crippen LogP contribution is 2.14. The van der Waals surface area contributed by atoms with Crippen LogP contribution < -0.4 is 10.1 Å². The lowest BCUT2D eigenvalue weighted by Crippen LogP contribution is -2.30. The second-order valence-corrected chi connectivity index (χ2v) is 6.00. The van der Waals surface area contributed by atoms with Crippen LogP contribution in [0.5, 0.6) is 5.75 Å². The number of carbonyl (C=O) groups excluding carboxylic acids is 2. The SMILES string of the molecule is CC(=O)c1cccc(OCC(=O)NCCCn2cnc3ccccc32)c1. The van der Waals surface area contributed by atoms with Crippen molar-refractivity contribution in [2.24, 2.45) is 0 Å². The van der Waals surface area contributed by atoms with Crippen molar-refractivity contribution in [3.63, 3.8) is 0 Å². The summed E-state index contributed by atoms with van der Waals surface area (Å²) in [5.74, 6) is 0.290. The highest BCUT2D eigenvalue weighted by molar-refractivity contribution is 5.94. The summed E-state index contributed by atoms with van der Waals surface area (Å²) in [5, 5.41) is 2.84. The minimum absolute atomic E-state index is 0.0353. The fraction of sp³-hybridized carbons (Fsp3) is 0.250. The summed E-state index contributed by atoms with van der Waals surface area (Å²) in [6.07, 6.45) is 2.61. The molecule has 3 aromatic rings. The van der Waals surface area contributed by atoms with Gasteiger partial charge in [0.25, 0.3) is 5.91 Å². The van der Waals surface area contributed by atoms with Gasteiger partial charge in [0.2, 0.25) is 0 Å². The molecule has 0 spiro atoms. The van der Waals surface area contributed by atoms with Gasteiger partial charge in [0.05, 0.1) is 17.4 Å². The van der Waals surface area contributed by atoms with Gasteiger partial charge in [-0.25, -0.2) is 4.98 Å². The van der Waals surface area contributed by atoms with Gasteiger partial charge in [0.1, 0.15) is 5.75 Å². The van der Waals surface area contributed by atoms with E-state index in [-0.39, 0.29) is 18.3 Å². The highest BCUT2D eigenvalue weighted by Gasteiger charge is 2.05. The van der Waals surface area contributed by atoms with Crippen molar-refractivity contribution in [3.05, 3.63) is 60.4 Å². The molecule has 0 saturated carbocycles. The third kappa shape index (κ3) is 4.47. The minimum Gasteiger partial charge on any atom is -0.484 e. The zero-order valence-corrected chi connectivity index (χ0v) is 14.6. The lowest BCUT2D eigenvalue weighted by atomic mass is 10.1. The number of fused-ring (bicyclic) bond motifs is 1. The zero-order chi connectivity index (χ0) is 18.4. The Labute approximate surface area is 151 Å². The predicted molar refractivity (Wildman–Crippen MR) is 99.3 cm³/mol. The average molecular weight is 351 g/mol. The van der Waals surface area contributed by atoms with Gasteiger partial charge in [0, 0.05) is 18.7 Å². The maximum Gasteiger partial charge on any atom is 0.257 e. The molecule has 26 heavy (non-hydrogen) atoms. The average Bonchev–Trinajstić information content (AvgIpc) is 3.07. The molecule has 0 unspecified atom stereocenters. The second-order valence-electron chi connectivity index (χ2n) is 6.00. The number of nitrogens with one attached hydrogen (secondary N) is 1. The first kappa shape index (κ1) is 17.7. The highest BCUT2D eigenvalue weighted by atomic mass is 16.5. The number of ether oxygens (including phenoxy) is 1. The van der Waals surface area contributed by atoms with Crippen molar-refractivity contribution in [3.8, 4) is 5.75 Å². The molecule has 6 heteroatoms. The molecular weight excluding hydrogens is 330 g/mol. The summed E-state index contributed by atoms with van der Waals surface area (Å²) in [6.45, 7) is 2.76. The largest absolute Gasteiger partial charge is 0.484 e. The molecule has 0 aliphatic heterocycles. The molecule has 1 heterocycles. The van der Waals surface area contributed by atoms with Crippen molar-refractivity contribution >= 4 is 22.7 Å². The molecule has 0 radical (unpaired) electrons. The number of imidazole rings is 1. The number of amides is 1. The van der Waals surface area contributed by atoms with Gasteiger partial charge in [-0.2, -0.15) is 0 Å². The van der Waals surface area contributed by atoms with E-state index in [1.807, 2.05) is 30.6 Å². The summed E-state index contributed by atoms with van der Waals surface area (Å²) in [4.78, 5) is 27.6. The van der Waals surface area contributed by atoms with Crippen LogP contribution in [0.15, 0.2) is 54.9 Å². The van der Waals surface area contributed by atoms with Crippen molar-refractivity contribution in [1.82, 2.24) is 14.9 Å². The first-order valence-electron chi connectivity index (χ1n) is 8.54. The quantitative estimate of drug-likeness (QED) is 0.500. The van der Waals surface area contributed by atoms with E-state index in [4.69, 9.17) is 4.74 Å². The normalized spacial score (nSPS) is 10.7. The predicted octanol–water partition coefficient (Wildman–Crippen LogP) is 2.82. The molecule has 1 amide bonds. The van der Waals surface area contributed by atoms with Crippen molar-refractivity contribution in [2.75, 3.05) is 13.2 Å². The molecule has 134 valence electrons. The number of rotatable bonds is 8. The molecule has 0 atom stereocenters. The van der Waals surface area contributed by atoms with Crippen molar-refractivity contribution in [1.29, 1.82) is 0 Å². The third-order valence-electron chi connectivity index (χ3n) is 4.04. The molecule has 1 N–H and O–H groups in total. The number of ketones is 1. The summed E-state index contributed by atoms with van der Waals surface area (Å²) >= 11 is 0. The monoisotopic (exact) mass is 351 g/mol. The number of carbonyl (C=O) groups is 2. The smallest absolute Gasteiger partial charge is 0.257 e. The van der Waals surface area contributed by atoms with E-state index in [9.17, 15) is 9.59 Å². The van der Waals surface area contributed by atoms with E-state index < -0.39 is 0 Å². The van der Waals surface area contributed by atoms with Crippen LogP contribution in [0.25, 0.3) is 11.0 Å². The first-order chi connectivity index (χ1) is 12.6. The molecule has 2 aromatic carbocycles. The topological polar surface area (TPSA) is 73.2 Å². The summed E-state index contributed by atoms with van der Waals surface area (Å²) in [6, 6.07) is 14.8. The number of nitrogens with zero attached hydrogens (tertiary/aromatic N) is 2. The number of aromatic nitrogens is 2. The maximum atomic E-state index is 11.9. The number of benzene rings is 2. The molecule has 1 aromatic heterocycles.